The maximum atomic E-state index is 6.28. The van der Waals surface area contributed by atoms with Gasteiger partial charge in [0.05, 0.1) is 6.61 Å². The van der Waals surface area contributed by atoms with Crippen LogP contribution in [0.3, 0.4) is 0 Å². The van der Waals surface area contributed by atoms with Crippen LogP contribution in [0.2, 0.25) is 0 Å². The van der Waals surface area contributed by atoms with Crippen molar-refractivity contribution in [3.63, 3.8) is 0 Å². The second-order valence-corrected chi connectivity index (χ2v) is 5.93. The molecule has 2 atom stereocenters. The topological polar surface area (TPSA) is 30.8 Å². The summed E-state index contributed by atoms with van der Waals surface area (Å²) < 4.78 is 11.6. The molecule has 3 aromatic rings. The Labute approximate surface area is 141 Å². The van der Waals surface area contributed by atoms with Crippen LogP contribution < -0.4 is 0 Å². The molecule has 0 saturated carbocycles. The zero-order valence-corrected chi connectivity index (χ0v) is 13.6. The van der Waals surface area contributed by atoms with Crippen LogP contribution in [-0.4, -0.2) is 25.7 Å². The number of hydrogen-bond donors (Lipinski definition) is 0. The minimum atomic E-state index is -0.111. The molecule has 0 radical (unpaired) electrons. The van der Waals surface area contributed by atoms with E-state index in [1.165, 1.54) is 5.39 Å². The van der Waals surface area contributed by atoms with Crippen molar-refractivity contribution in [1.29, 1.82) is 0 Å². The van der Waals surface area contributed by atoms with E-state index in [2.05, 4.69) is 36.4 Å². The third-order valence-electron chi connectivity index (χ3n) is 4.36. The number of fused-ring (bicyclic) bond motifs is 1. The minimum Gasteiger partial charge on any atom is -0.467 e. The summed E-state index contributed by atoms with van der Waals surface area (Å²) in [5.41, 5.74) is 2.16. The van der Waals surface area contributed by atoms with Gasteiger partial charge in [0.25, 0.3) is 0 Å². The lowest BCUT2D eigenvalue weighted by molar-refractivity contribution is 0.120. The highest BCUT2D eigenvalue weighted by molar-refractivity contribution is 6.07. The van der Waals surface area contributed by atoms with Crippen molar-refractivity contribution < 1.29 is 9.47 Å². The van der Waals surface area contributed by atoms with Gasteiger partial charge in [0, 0.05) is 12.7 Å². The molecule has 0 spiro atoms. The van der Waals surface area contributed by atoms with Crippen molar-refractivity contribution in [2.75, 3.05) is 13.7 Å². The first-order valence-electron chi connectivity index (χ1n) is 8.13. The molecule has 1 heterocycles. The van der Waals surface area contributed by atoms with Gasteiger partial charge in [-0.2, -0.15) is 0 Å². The fourth-order valence-electron chi connectivity index (χ4n) is 3.22. The van der Waals surface area contributed by atoms with Crippen molar-refractivity contribution >= 4 is 16.7 Å². The third kappa shape index (κ3) is 2.68. The lowest BCUT2D eigenvalue weighted by Gasteiger charge is -2.17. The number of ether oxygens (including phenoxy) is 2. The first-order valence-corrected chi connectivity index (χ1v) is 8.13. The van der Waals surface area contributed by atoms with Gasteiger partial charge in [-0.15, -0.1) is 0 Å². The lowest BCUT2D eigenvalue weighted by atomic mass is 10.0. The lowest BCUT2D eigenvalue weighted by Crippen LogP contribution is -2.19. The van der Waals surface area contributed by atoms with Gasteiger partial charge >= 0.3 is 0 Å². The van der Waals surface area contributed by atoms with Gasteiger partial charge in [-0.3, -0.25) is 0 Å². The summed E-state index contributed by atoms with van der Waals surface area (Å²) in [5, 5.41) is 2.34. The van der Waals surface area contributed by atoms with E-state index in [-0.39, 0.29) is 12.1 Å². The van der Waals surface area contributed by atoms with Gasteiger partial charge in [-0.05, 0) is 22.4 Å². The van der Waals surface area contributed by atoms with E-state index in [4.69, 9.17) is 14.5 Å². The van der Waals surface area contributed by atoms with E-state index in [0.29, 0.717) is 12.5 Å². The Bertz CT molecular complexity index is 868. The number of rotatable bonds is 4. The van der Waals surface area contributed by atoms with Gasteiger partial charge < -0.3 is 9.47 Å². The molecule has 0 unspecified atom stereocenters. The van der Waals surface area contributed by atoms with E-state index in [9.17, 15) is 0 Å². The summed E-state index contributed by atoms with van der Waals surface area (Å²) in [6.07, 6.45) is -0.111. The van der Waals surface area contributed by atoms with Crippen LogP contribution in [-0.2, 0) is 9.47 Å². The van der Waals surface area contributed by atoms with Crippen LogP contribution in [0.15, 0.2) is 77.8 Å². The van der Waals surface area contributed by atoms with E-state index in [1.54, 1.807) is 7.11 Å². The normalized spacial score (nSPS) is 20.0. The number of methoxy groups -OCH3 is 1. The summed E-state index contributed by atoms with van der Waals surface area (Å²) in [6.45, 7) is 0.536. The Morgan fingerprint density at radius 1 is 0.917 bits per heavy atom. The maximum absolute atomic E-state index is 6.28. The van der Waals surface area contributed by atoms with Crippen molar-refractivity contribution in [1.82, 2.24) is 0 Å². The summed E-state index contributed by atoms with van der Waals surface area (Å²) in [7, 11) is 1.70. The second-order valence-electron chi connectivity index (χ2n) is 5.93. The molecule has 120 valence electrons. The van der Waals surface area contributed by atoms with E-state index in [0.717, 1.165) is 16.5 Å². The number of nitrogens with zero attached hydrogens (tertiary/aromatic N) is 1. The molecule has 1 aliphatic heterocycles. The molecule has 0 saturated heterocycles. The van der Waals surface area contributed by atoms with E-state index < -0.39 is 0 Å². The fraction of sp³-hybridized carbons (Fsp3) is 0.190. The monoisotopic (exact) mass is 317 g/mol. The Morgan fingerprint density at radius 3 is 2.50 bits per heavy atom. The molecule has 3 nitrogen and oxygen atoms in total. The van der Waals surface area contributed by atoms with Gasteiger partial charge in [-0.25, -0.2) is 4.99 Å². The average Bonchev–Trinajstić information content (AvgIpc) is 3.06. The molecule has 3 aromatic carbocycles. The van der Waals surface area contributed by atoms with Crippen LogP contribution in [0, 0.1) is 0 Å². The van der Waals surface area contributed by atoms with Crippen LogP contribution >= 0.6 is 0 Å². The summed E-state index contributed by atoms with van der Waals surface area (Å²) in [4.78, 5) is 4.83. The van der Waals surface area contributed by atoms with Crippen LogP contribution in [0.1, 0.15) is 17.2 Å². The molecular weight excluding hydrogens is 298 g/mol. The number of aliphatic imine (C=N–C) groups is 1. The molecule has 0 bridgehead atoms. The second kappa shape index (κ2) is 6.46. The summed E-state index contributed by atoms with van der Waals surface area (Å²) in [5.74, 6) is 0.697. The molecule has 3 heteroatoms. The maximum Gasteiger partial charge on any atom is 0.217 e. The molecular formula is C21H19NO2. The Morgan fingerprint density at radius 2 is 1.67 bits per heavy atom. The molecule has 24 heavy (non-hydrogen) atoms. The minimum absolute atomic E-state index is 0.0358. The largest absolute Gasteiger partial charge is 0.467 e. The molecule has 0 aliphatic carbocycles. The molecule has 0 aromatic heterocycles. The molecule has 0 N–H and O–H groups in total. The van der Waals surface area contributed by atoms with Gasteiger partial charge in [0.1, 0.15) is 6.04 Å². The number of benzene rings is 3. The van der Waals surface area contributed by atoms with Crippen molar-refractivity contribution in [3.8, 4) is 0 Å². The first kappa shape index (κ1) is 14.9. The predicted octanol–water partition coefficient (Wildman–Crippen LogP) is 4.37. The van der Waals surface area contributed by atoms with Crippen LogP contribution in [0.25, 0.3) is 10.8 Å². The fourth-order valence-corrected chi connectivity index (χ4v) is 3.22. The molecule has 4 rings (SSSR count). The predicted molar refractivity (Wildman–Crippen MR) is 96.4 cm³/mol. The quantitative estimate of drug-likeness (QED) is 0.715. The zero-order chi connectivity index (χ0) is 16.4. The molecule has 0 fully saturated rings. The molecule has 0 amide bonds. The third-order valence-corrected chi connectivity index (χ3v) is 4.36. The number of hydrogen-bond acceptors (Lipinski definition) is 3. The van der Waals surface area contributed by atoms with Gasteiger partial charge in [0.2, 0.25) is 5.90 Å². The SMILES string of the molecule is COC[C@@H]1N=C(c2cccc3ccccc23)O[C@H]1c1ccccc1. The Kier molecular flexibility index (Phi) is 4.01. The highest BCUT2D eigenvalue weighted by Crippen LogP contribution is 2.33. The first-order chi connectivity index (χ1) is 11.9. The zero-order valence-electron chi connectivity index (χ0n) is 13.6. The van der Waals surface area contributed by atoms with Crippen molar-refractivity contribution in [2.45, 2.75) is 12.1 Å². The highest BCUT2D eigenvalue weighted by Gasteiger charge is 2.33. The Hall–Kier alpha value is -2.65. The van der Waals surface area contributed by atoms with Gasteiger partial charge in [0.15, 0.2) is 6.10 Å². The Balaban J connectivity index is 1.74. The average molecular weight is 317 g/mol. The highest BCUT2D eigenvalue weighted by atomic mass is 16.5. The van der Waals surface area contributed by atoms with Crippen LogP contribution in [0.5, 0.6) is 0 Å². The van der Waals surface area contributed by atoms with Crippen LogP contribution in [0.4, 0.5) is 0 Å². The smallest absolute Gasteiger partial charge is 0.217 e. The van der Waals surface area contributed by atoms with E-state index in [1.807, 2.05) is 36.4 Å². The van der Waals surface area contributed by atoms with Gasteiger partial charge in [-0.1, -0.05) is 66.7 Å². The van der Waals surface area contributed by atoms with Crippen molar-refractivity contribution in [3.05, 3.63) is 83.9 Å². The van der Waals surface area contributed by atoms with E-state index >= 15 is 0 Å². The van der Waals surface area contributed by atoms with Crippen molar-refractivity contribution in [2.24, 2.45) is 4.99 Å². The molecule has 1 aliphatic rings. The standard InChI is InChI=1S/C21H19NO2/c1-23-14-19-20(16-9-3-2-4-10-16)24-21(22-19)18-13-7-11-15-8-5-6-12-17(15)18/h2-13,19-20H,14H2,1H3/t19-,20-/m0/s1. The summed E-state index contributed by atoms with van der Waals surface area (Å²) >= 11 is 0. The summed E-state index contributed by atoms with van der Waals surface area (Å²) in [6, 6.07) is 24.7.